The standard InChI is InChI=1S/C26H20F2N5/c1-15-10-18(8-9-29-13-15)25-20-12-17(6-7-23(20)30-14-31-25)19-11-16(2)32-33-26(19)24-21(27)4-3-5-22(24)28/h3-7,9,11-14,16,32H,8H2,1-2H3/q+1. The van der Waals surface area contributed by atoms with Gasteiger partial charge in [0.2, 0.25) is 0 Å². The third-order valence-corrected chi connectivity index (χ3v) is 5.50. The van der Waals surface area contributed by atoms with Gasteiger partial charge in [-0.1, -0.05) is 18.2 Å². The highest BCUT2D eigenvalue weighted by Gasteiger charge is 2.24. The molecule has 0 aliphatic carbocycles. The number of allylic oxidation sites excluding steroid dienone is 2. The molecule has 2 aliphatic rings. The van der Waals surface area contributed by atoms with E-state index in [1.54, 1.807) is 6.21 Å². The minimum absolute atomic E-state index is 0.109. The molecule has 1 atom stereocenters. The van der Waals surface area contributed by atoms with Crippen LogP contribution in [0.3, 0.4) is 0 Å². The van der Waals surface area contributed by atoms with Crippen LogP contribution in [0.1, 0.15) is 37.1 Å². The van der Waals surface area contributed by atoms with Crippen molar-refractivity contribution in [2.75, 3.05) is 0 Å². The molecule has 0 radical (unpaired) electrons. The van der Waals surface area contributed by atoms with Gasteiger partial charge in [0.15, 0.2) is 0 Å². The van der Waals surface area contributed by atoms with Gasteiger partial charge in [0.1, 0.15) is 23.7 Å². The van der Waals surface area contributed by atoms with Gasteiger partial charge in [0.05, 0.1) is 34.8 Å². The fourth-order valence-electron chi connectivity index (χ4n) is 3.99. The topological polar surface area (TPSA) is 64.3 Å². The molecule has 33 heavy (non-hydrogen) atoms. The largest absolute Gasteiger partial charge is 0.303 e. The molecule has 2 aromatic carbocycles. The van der Waals surface area contributed by atoms with E-state index in [1.165, 1.54) is 24.5 Å². The quantitative estimate of drug-likeness (QED) is 0.490. The summed E-state index contributed by atoms with van der Waals surface area (Å²) in [4.78, 5) is 8.93. The van der Waals surface area contributed by atoms with Gasteiger partial charge in [0.25, 0.3) is 6.21 Å². The van der Waals surface area contributed by atoms with Gasteiger partial charge in [-0.3, -0.25) is 0 Å². The number of aromatic nitrogens is 2. The van der Waals surface area contributed by atoms with Crippen molar-refractivity contribution in [3.63, 3.8) is 0 Å². The first-order chi connectivity index (χ1) is 16.0. The number of nitrogens with one attached hydrogen (secondary N) is 1. The molecular weight excluding hydrogens is 420 g/mol. The predicted molar refractivity (Wildman–Crippen MR) is 128 cm³/mol. The van der Waals surface area contributed by atoms with E-state index in [1.807, 2.05) is 44.3 Å². The summed E-state index contributed by atoms with van der Waals surface area (Å²) in [5, 5.41) is 5.14. The summed E-state index contributed by atoms with van der Waals surface area (Å²) in [6, 6.07) is 9.40. The number of halogens is 2. The van der Waals surface area contributed by atoms with Crippen LogP contribution in [0, 0.1) is 11.6 Å². The maximum absolute atomic E-state index is 14.6. The first kappa shape index (κ1) is 20.7. The smallest absolute Gasteiger partial charge is 0.302 e. The predicted octanol–water partition coefficient (Wildman–Crippen LogP) is 4.23. The lowest BCUT2D eigenvalue weighted by Gasteiger charge is -2.21. The average molecular weight is 440 g/mol. The van der Waals surface area contributed by atoms with Crippen LogP contribution in [0.4, 0.5) is 8.78 Å². The lowest BCUT2D eigenvalue weighted by atomic mass is 9.91. The summed E-state index contributed by atoms with van der Waals surface area (Å²) in [7, 11) is 0. The Kier molecular flexibility index (Phi) is 5.27. The summed E-state index contributed by atoms with van der Waals surface area (Å²) in [5.41, 5.74) is 11.0. The SMILES string of the molecule is CC1=C=C(c2ncnc3ccc(C4=CC(C)NN=C4c4c(F)cccc4F)cc23)CC=[N+]=C1. The molecular formula is C26H20F2N5+. The highest BCUT2D eigenvalue weighted by atomic mass is 19.1. The highest BCUT2D eigenvalue weighted by Crippen LogP contribution is 2.31. The Balaban J connectivity index is 1.69. The molecule has 3 aromatic rings. The second kappa shape index (κ2) is 8.40. The van der Waals surface area contributed by atoms with Crippen LogP contribution in [-0.2, 0) is 0 Å². The summed E-state index contributed by atoms with van der Waals surface area (Å²) in [6.07, 6.45) is 7.60. The zero-order valence-electron chi connectivity index (χ0n) is 18.1. The highest BCUT2D eigenvalue weighted by molar-refractivity contribution is 6.32. The van der Waals surface area contributed by atoms with Gasteiger partial charge in [-0.2, -0.15) is 5.10 Å². The second-order valence-corrected chi connectivity index (χ2v) is 7.96. The van der Waals surface area contributed by atoms with Crippen molar-refractivity contribution in [3.8, 4) is 0 Å². The van der Waals surface area contributed by atoms with Crippen LogP contribution in [0.5, 0.6) is 0 Å². The molecule has 3 heterocycles. The number of hydrazone groups is 1. The lowest BCUT2D eigenvalue weighted by Crippen LogP contribution is -2.27. The molecule has 0 amide bonds. The maximum atomic E-state index is 14.6. The number of rotatable bonds is 3. The van der Waals surface area contributed by atoms with E-state index in [9.17, 15) is 8.78 Å². The minimum Gasteiger partial charge on any atom is -0.303 e. The fraction of sp³-hybridized carbons (Fsp3) is 0.154. The number of fused-ring (bicyclic) bond motifs is 1. The van der Waals surface area contributed by atoms with Gasteiger partial charge in [-0.25, -0.2) is 18.7 Å². The van der Waals surface area contributed by atoms with Gasteiger partial charge >= 0.3 is 6.21 Å². The minimum atomic E-state index is -0.666. The van der Waals surface area contributed by atoms with Crippen molar-refractivity contribution in [1.82, 2.24) is 20.1 Å². The summed E-state index contributed by atoms with van der Waals surface area (Å²) in [6.45, 7) is 3.86. The molecule has 7 heteroatoms. The summed E-state index contributed by atoms with van der Waals surface area (Å²) < 4.78 is 33.5. The van der Waals surface area contributed by atoms with Crippen LogP contribution >= 0.6 is 0 Å². The zero-order valence-corrected chi connectivity index (χ0v) is 18.1. The number of hydrogen-bond acceptors (Lipinski definition) is 4. The second-order valence-electron chi connectivity index (χ2n) is 7.96. The molecule has 0 saturated heterocycles. The molecule has 2 aliphatic heterocycles. The first-order valence-electron chi connectivity index (χ1n) is 10.6. The van der Waals surface area contributed by atoms with E-state index < -0.39 is 11.6 Å². The van der Waals surface area contributed by atoms with E-state index in [4.69, 9.17) is 0 Å². The Hall–Kier alpha value is -4.18. The molecule has 0 fully saturated rings. The van der Waals surface area contributed by atoms with Crippen LogP contribution in [-0.4, -0.2) is 34.2 Å². The van der Waals surface area contributed by atoms with Gasteiger partial charge in [0, 0.05) is 16.5 Å². The van der Waals surface area contributed by atoms with Crippen LogP contribution in [0.25, 0.3) is 22.0 Å². The van der Waals surface area contributed by atoms with Crippen LogP contribution < -0.4 is 10.1 Å². The Morgan fingerprint density at radius 3 is 2.76 bits per heavy atom. The van der Waals surface area contributed by atoms with Crippen molar-refractivity contribution < 1.29 is 8.78 Å². The van der Waals surface area contributed by atoms with Gasteiger partial charge < -0.3 is 5.43 Å². The van der Waals surface area contributed by atoms with Crippen LogP contribution in [0.15, 0.2) is 65.2 Å². The molecule has 5 rings (SSSR count). The lowest BCUT2D eigenvalue weighted by molar-refractivity contribution is 0.577. The Bertz CT molecular complexity index is 1470. The summed E-state index contributed by atoms with van der Waals surface area (Å²) >= 11 is 0. The Morgan fingerprint density at radius 1 is 1.12 bits per heavy atom. The Labute approximate surface area is 189 Å². The van der Waals surface area contributed by atoms with Crippen molar-refractivity contribution in [2.24, 2.45) is 5.10 Å². The monoisotopic (exact) mass is 440 g/mol. The van der Waals surface area contributed by atoms with E-state index in [0.717, 1.165) is 33.3 Å². The zero-order chi connectivity index (χ0) is 22.9. The molecule has 0 saturated carbocycles. The first-order valence-corrected chi connectivity index (χ1v) is 10.6. The molecule has 1 unspecified atom stereocenters. The summed E-state index contributed by atoms with van der Waals surface area (Å²) in [5.74, 6) is -1.33. The van der Waals surface area contributed by atoms with E-state index in [2.05, 4.69) is 30.9 Å². The molecule has 0 bridgehead atoms. The third-order valence-electron chi connectivity index (χ3n) is 5.50. The van der Waals surface area contributed by atoms with Crippen molar-refractivity contribution in [1.29, 1.82) is 0 Å². The number of benzene rings is 2. The molecule has 162 valence electrons. The van der Waals surface area contributed by atoms with Crippen molar-refractivity contribution in [3.05, 3.63) is 88.6 Å². The Morgan fingerprint density at radius 2 is 1.94 bits per heavy atom. The van der Waals surface area contributed by atoms with E-state index in [-0.39, 0.29) is 17.3 Å². The number of nitrogens with zero attached hydrogens (tertiary/aromatic N) is 4. The maximum Gasteiger partial charge on any atom is 0.302 e. The third kappa shape index (κ3) is 3.92. The van der Waals surface area contributed by atoms with Crippen molar-refractivity contribution >= 4 is 40.2 Å². The normalized spacial score (nSPS) is 17.6. The molecule has 5 nitrogen and oxygen atoms in total. The number of hydrogen-bond donors (Lipinski definition) is 1. The van der Waals surface area contributed by atoms with Crippen LogP contribution in [0.2, 0.25) is 0 Å². The van der Waals surface area contributed by atoms with Crippen molar-refractivity contribution in [2.45, 2.75) is 26.3 Å². The fourth-order valence-corrected chi connectivity index (χ4v) is 3.99. The molecule has 0 spiro atoms. The van der Waals surface area contributed by atoms with E-state index in [0.29, 0.717) is 12.0 Å². The molecule has 1 N–H and O–H groups in total. The molecule has 1 aromatic heterocycles. The van der Waals surface area contributed by atoms with E-state index >= 15 is 0 Å². The average Bonchev–Trinajstić information content (AvgIpc) is 3.03. The van der Waals surface area contributed by atoms with Gasteiger partial charge in [-0.05, 0) is 43.7 Å². The van der Waals surface area contributed by atoms with Gasteiger partial charge in [-0.15, -0.1) is 10.4 Å².